The van der Waals surface area contributed by atoms with Gasteiger partial charge in [-0.05, 0) is 41.8 Å². The third kappa shape index (κ3) is 2.76. The zero-order valence-corrected chi connectivity index (χ0v) is 12.8. The van der Waals surface area contributed by atoms with E-state index in [1.54, 1.807) is 11.8 Å². The van der Waals surface area contributed by atoms with Gasteiger partial charge in [-0.1, -0.05) is 31.2 Å². The van der Waals surface area contributed by atoms with Crippen molar-refractivity contribution in [2.75, 3.05) is 16.4 Å². The van der Waals surface area contributed by atoms with Gasteiger partial charge >= 0.3 is 0 Å². The van der Waals surface area contributed by atoms with E-state index >= 15 is 0 Å². The average Bonchev–Trinajstić information content (AvgIpc) is 2.89. The second-order valence-electron chi connectivity index (χ2n) is 5.12. The number of benzene rings is 2. The minimum Gasteiger partial charge on any atom is -0.399 e. The van der Waals surface area contributed by atoms with Crippen LogP contribution >= 0.6 is 11.8 Å². The summed E-state index contributed by atoms with van der Waals surface area (Å²) >= 11 is 1.65. The molecule has 0 radical (unpaired) electrons. The predicted octanol–water partition coefficient (Wildman–Crippen LogP) is 3.61. The van der Waals surface area contributed by atoms with Gasteiger partial charge in [-0.3, -0.25) is 9.69 Å². The molecule has 2 N–H and O–H groups in total. The maximum Gasteiger partial charge on any atom is 0.238 e. The lowest BCUT2D eigenvalue weighted by molar-refractivity contribution is -0.115. The van der Waals surface area contributed by atoms with Gasteiger partial charge in [-0.25, -0.2) is 0 Å². The van der Waals surface area contributed by atoms with Gasteiger partial charge in [0.25, 0.3) is 0 Å². The molecular formula is C17H18N2OS. The van der Waals surface area contributed by atoms with Crippen molar-refractivity contribution in [3.8, 4) is 0 Å². The second-order valence-corrected chi connectivity index (χ2v) is 6.19. The van der Waals surface area contributed by atoms with E-state index in [9.17, 15) is 4.79 Å². The van der Waals surface area contributed by atoms with Crippen LogP contribution in [0.4, 0.5) is 11.4 Å². The van der Waals surface area contributed by atoms with Crippen molar-refractivity contribution in [2.45, 2.75) is 18.7 Å². The normalized spacial score (nSPS) is 18.2. The van der Waals surface area contributed by atoms with Gasteiger partial charge in [-0.2, -0.15) is 0 Å². The number of amides is 1. The van der Waals surface area contributed by atoms with Crippen LogP contribution in [0.15, 0.2) is 48.5 Å². The van der Waals surface area contributed by atoms with Crippen molar-refractivity contribution >= 4 is 29.0 Å². The van der Waals surface area contributed by atoms with Gasteiger partial charge < -0.3 is 5.73 Å². The number of thioether (sulfide) groups is 1. The zero-order chi connectivity index (χ0) is 14.8. The molecule has 0 saturated carbocycles. The summed E-state index contributed by atoms with van der Waals surface area (Å²) in [5.74, 6) is 0.659. The standard InChI is InChI=1S/C17H18N2OS/c1-2-12-6-8-15(9-7-12)19-16(20)11-21-17(19)13-4-3-5-14(18)10-13/h3-10,17H,2,11,18H2,1H3/t17-/m0/s1. The lowest BCUT2D eigenvalue weighted by Crippen LogP contribution is -2.27. The molecule has 0 aromatic heterocycles. The smallest absolute Gasteiger partial charge is 0.238 e. The Morgan fingerprint density at radius 2 is 2.00 bits per heavy atom. The Bertz CT molecular complexity index is 654. The molecule has 1 amide bonds. The number of nitrogen functional groups attached to an aromatic ring is 1. The van der Waals surface area contributed by atoms with Crippen molar-refractivity contribution in [1.82, 2.24) is 0 Å². The number of anilines is 2. The molecule has 2 aromatic rings. The Balaban J connectivity index is 1.95. The zero-order valence-electron chi connectivity index (χ0n) is 12.0. The summed E-state index contributed by atoms with van der Waals surface area (Å²) in [4.78, 5) is 14.1. The first-order chi connectivity index (χ1) is 10.2. The van der Waals surface area contributed by atoms with E-state index in [-0.39, 0.29) is 11.3 Å². The van der Waals surface area contributed by atoms with Crippen LogP contribution < -0.4 is 10.6 Å². The van der Waals surface area contributed by atoms with E-state index in [2.05, 4.69) is 19.1 Å². The molecular weight excluding hydrogens is 280 g/mol. The Labute approximate surface area is 129 Å². The lowest BCUT2D eigenvalue weighted by atomic mass is 10.1. The summed E-state index contributed by atoms with van der Waals surface area (Å²) in [6, 6.07) is 16.0. The molecule has 1 atom stereocenters. The monoisotopic (exact) mass is 298 g/mol. The highest BCUT2D eigenvalue weighted by molar-refractivity contribution is 8.00. The summed E-state index contributed by atoms with van der Waals surface area (Å²) in [7, 11) is 0. The molecule has 0 aliphatic carbocycles. The minimum atomic E-state index is 0.00785. The van der Waals surface area contributed by atoms with E-state index in [1.807, 2.05) is 41.3 Å². The van der Waals surface area contributed by atoms with E-state index in [1.165, 1.54) is 5.56 Å². The molecule has 108 valence electrons. The molecule has 21 heavy (non-hydrogen) atoms. The number of aryl methyl sites for hydroxylation is 1. The number of carbonyl (C=O) groups is 1. The molecule has 1 aliphatic rings. The molecule has 2 aromatic carbocycles. The summed E-state index contributed by atoms with van der Waals surface area (Å²) in [5, 5.41) is 0.00785. The average molecular weight is 298 g/mol. The van der Waals surface area contributed by atoms with Crippen molar-refractivity contribution < 1.29 is 4.79 Å². The first-order valence-electron chi connectivity index (χ1n) is 7.07. The summed E-state index contributed by atoms with van der Waals surface area (Å²) in [6.07, 6.45) is 1.00. The van der Waals surface area contributed by atoms with Crippen LogP contribution in [0.3, 0.4) is 0 Å². The first kappa shape index (κ1) is 14.0. The third-order valence-corrected chi connectivity index (χ3v) is 4.90. The molecule has 0 spiro atoms. The first-order valence-corrected chi connectivity index (χ1v) is 8.12. The van der Waals surface area contributed by atoms with Gasteiger partial charge in [0.1, 0.15) is 5.37 Å². The maximum absolute atomic E-state index is 12.3. The Hall–Kier alpha value is -1.94. The number of hydrogen-bond donors (Lipinski definition) is 1. The number of carbonyl (C=O) groups excluding carboxylic acids is 1. The van der Waals surface area contributed by atoms with Gasteiger partial charge in [0.15, 0.2) is 0 Å². The van der Waals surface area contributed by atoms with Crippen molar-refractivity contribution in [2.24, 2.45) is 0 Å². The van der Waals surface area contributed by atoms with Gasteiger partial charge in [0.05, 0.1) is 5.75 Å². The van der Waals surface area contributed by atoms with E-state index in [4.69, 9.17) is 5.73 Å². The number of nitrogens with two attached hydrogens (primary N) is 1. The van der Waals surface area contributed by atoms with Crippen LogP contribution in [-0.2, 0) is 11.2 Å². The van der Waals surface area contributed by atoms with Crippen LogP contribution in [0.2, 0.25) is 0 Å². The van der Waals surface area contributed by atoms with Gasteiger partial charge in [-0.15, -0.1) is 11.8 Å². The fourth-order valence-electron chi connectivity index (χ4n) is 2.55. The molecule has 4 heteroatoms. The molecule has 1 fully saturated rings. The van der Waals surface area contributed by atoms with Crippen LogP contribution in [0.25, 0.3) is 0 Å². The van der Waals surface area contributed by atoms with Crippen LogP contribution in [0.5, 0.6) is 0 Å². The number of nitrogens with zero attached hydrogens (tertiary/aromatic N) is 1. The quantitative estimate of drug-likeness (QED) is 0.881. The summed E-state index contributed by atoms with van der Waals surface area (Å²) < 4.78 is 0. The molecule has 1 heterocycles. The SMILES string of the molecule is CCc1ccc(N2C(=O)CS[C@H]2c2cccc(N)c2)cc1. The second kappa shape index (κ2) is 5.82. The van der Waals surface area contributed by atoms with Crippen molar-refractivity contribution in [3.63, 3.8) is 0 Å². The van der Waals surface area contributed by atoms with Crippen LogP contribution in [-0.4, -0.2) is 11.7 Å². The molecule has 1 saturated heterocycles. The number of rotatable bonds is 3. The predicted molar refractivity (Wildman–Crippen MR) is 89.4 cm³/mol. The Morgan fingerprint density at radius 1 is 1.24 bits per heavy atom. The van der Waals surface area contributed by atoms with Crippen LogP contribution in [0, 0.1) is 0 Å². The fourth-order valence-corrected chi connectivity index (χ4v) is 3.72. The van der Waals surface area contributed by atoms with Gasteiger partial charge in [0.2, 0.25) is 5.91 Å². The number of hydrogen-bond acceptors (Lipinski definition) is 3. The highest BCUT2D eigenvalue weighted by Crippen LogP contribution is 2.42. The Morgan fingerprint density at radius 3 is 2.67 bits per heavy atom. The fraction of sp³-hybridized carbons (Fsp3) is 0.235. The van der Waals surface area contributed by atoms with Crippen molar-refractivity contribution in [3.05, 3.63) is 59.7 Å². The summed E-state index contributed by atoms with van der Waals surface area (Å²) in [5.41, 5.74) is 9.90. The van der Waals surface area contributed by atoms with Crippen molar-refractivity contribution in [1.29, 1.82) is 0 Å². The highest BCUT2D eigenvalue weighted by atomic mass is 32.2. The molecule has 0 bridgehead atoms. The van der Waals surface area contributed by atoms with E-state index in [0.29, 0.717) is 5.75 Å². The maximum atomic E-state index is 12.3. The largest absolute Gasteiger partial charge is 0.399 e. The molecule has 0 unspecified atom stereocenters. The molecule has 3 nitrogen and oxygen atoms in total. The van der Waals surface area contributed by atoms with E-state index < -0.39 is 0 Å². The Kier molecular flexibility index (Phi) is 3.88. The molecule has 3 rings (SSSR count). The highest BCUT2D eigenvalue weighted by Gasteiger charge is 2.33. The van der Waals surface area contributed by atoms with E-state index in [0.717, 1.165) is 23.4 Å². The third-order valence-electron chi connectivity index (χ3n) is 3.69. The molecule has 1 aliphatic heterocycles. The lowest BCUT2D eigenvalue weighted by Gasteiger charge is -2.24. The van der Waals surface area contributed by atoms with Gasteiger partial charge in [0, 0.05) is 11.4 Å². The topological polar surface area (TPSA) is 46.3 Å². The van der Waals surface area contributed by atoms with Crippen LogP contribution in [0.1, 0.15) is 23.4 Å². The minimum absolute atomic E-state index is 0.00785. The summed E-state index contributed by atoms with van der Waals surface area (Å²) in [6.45, 7) is 2.13.